The minimum atomic E-state index is -0.245. The Labute approximate surface area is 132 Å². The van der Waals surface area contributed by atoms with Crippen LogP contribution in [0.3, 0.4) is 0 Å². The lowest BCUT2D eigenvalue weighted by molar-refractivity contribution is 0.102. The molecule has 0 radical (unpaired) electrons. The molecule has 3 aromatic rings. The molecule has 0 aromatic carbocycles. The summed E-state index contributed by atoms with van der Waals surface area (Å²) in [5.41, 5.74) is 5.04. The zero-order valence-corrected chi connectivity index (χ0v) is 12.6. The maximum absolute atomic E-state index is 12.6. The van der Waals surface area contributed by atoms with Crippen molar-refractivity contribution in [2.75, 3.05) is 5.32 Å². The Morgan fingerprint density at radius 1 is 1.39 bits per heavy atom. The fraction of sp³-hybridized carbons (Fsp3) is 0.250. The normalized spacial score (nSPS) is 13.1. The molecule has 4 rings (SSSR count). The smallest absolute Gasteiger partial charge is 0.260 e. The molecule has 1 amide bonds. The molecule has 0 fully saturated rings. The molecule has 3 aromatic heterocycles. The number of aromatic nitrogens is 4. The number of hydrogen-bond donors (Lipinski definition) is 2. The third-order valence-corrected chi connectivity index (χ3v) is 3.97. The Bertz CT molecular complexity index is 880. The van der Waals surface area contributed by atoms with E-state index < -0.39 is 0 Å². The van der Waals surface area contributed by atoms with Crippen LogP contribution in [0.1, 0.15) is 33.7 Å². The van der Waals surface area contributed by atoms with Crippen molar-refractivity contribution in [3.05, 3.63) is 47.3 Å². The lowest BCUT2D eigenvalue weighted by atomic mass is 10.0. The van der Waals surface area contributed by atoms with Crippen molar-refractivity contribution in [2.24, 2.45) is 0 Å². The summed E-state index contributed by atoms with van der Waals surface area (Å²) >= 11 is 0. The number of fused-ring (bicyclic) bond motifs is 3. The number of hydrogen-bond acceptors (Lipinski definition) is 5. The van der Waals surface area contributed by atoms with Gasteiger partial charge in [-0.25, -0.2) is 9.97 Å². The lowest BCUT2D eigenvalue weighted by Gasteiger charge is -2.07. The second kappa shape index (κ2) is 5.35. The Hall–Kier alpha value is -2.96. The van der Waals surface area contributed by atoms with E-state index in [1.165, 1.54) is 6.33 Å². The van der Waals surface area contributed by atoms with Crippen molar-refractivity contribution in [3.63, 3.8) is 0 Å². The number of amides is 1. The number of anilines is 1. The highest BCUT2D eigenvalue weighted by Gasteiger charge is 2.24. The average molecular weight is 309 g/mol. The molecule has 0 atom stereocenters. The van der Waals surface area contributed by atoms with Gasteiger partial charge in [0.1, 0.15) is 6.33 Å². The molecular weight excluding hydrogens is 294 g/mol. The number of carbonyl (C=O) groups is 1. The van der Waals surface area contributed by atoms with Crippen molar-refractivity contribution in [1.29, 1.82) is 0 Å². The van der Waals surface area contributed by atoms with Crippen LogP contribution in [0.2, 0.25) is 0 Å². The third kappa shape index (κ3) is 2.40. The largest absolute Gasteiger partial charge is 0.364 e. The molecule has 0 bridgehead atoms. The van der Waals surface area contributed by atoms with Crippen molar-refractivity contribution in [2.45, 2.75) is 26.2 Å². The third-order valence-electron chi connectivity index (χ3n) is 3.97. The van der Waals surface area contributed by atoms with E-state index in [2.05, 4.69) is 25.4 Å². The van der Waals surface area contributed by atoms with Gasteiger partial charge in [0, 0.05) is 29.7 Å². The molecule has 0 spiro atoms. The number of nitrogens with one attached hydrogen (secondary N) is 2. The Balaban J connectivity index is 1.75. The van der Waals surface area contributed by atoms with E-state index >= 15 is 0 Å². The van der Waals surface area contributed by atoms with Crippen LogP contribution in [0.5, 0.6) is 0 Å². The van der Waals surface area contributed by atoms with Crippen molar-refractivity contribution < 1.29 is 9.32 Å². The van der Waals surface area contributed by atoms with Crippen LogP contribution >= 0.6 is 0 Å². The molecule has 1 aliphatic rings. The summed E-state index contributed by atoms with van der Waals surface area (Å²) in [6, 6.07) is 1.68. The van der Waals surface area contributed by atoms with Gasteiger partial charge in [0.15, 0.2) is 0 Å². The van der Waals surface area contributed by atoms with E-state index in [1.807, 2.05) is 6.20 Å². The number of carbonyl (C=O) groups excluding carboxylic acids is 1. The van der Waals surface area contributed by atoms with Crippen LogP contribution in [0.4, 0.5) is 5.88 Å². The summed E-state index contributed by atoms with van der Waals surface area (Å²) in [7, 11) is 0. The van der Waals surface area contributed by atoms with E-state index in [9.17, 15) is 4.79 Å². The van der Waals surface area contributed by atoms with E-state index in [0.29, 0.717) is 17.1 Å². The second-order valence-electron chi connectivity index (χ2n) is 5.59. The van der Waals surface area contributed by atoms with Gasteiger partial charge in [0.05, 0.1) is 17.0 Å². The van der Waals surface area contributed by atoms with Crippen molar-refractivity contribution in [3.8, 4) is 11.3 Å². The van der Waals surface area contributed by atoms with Crippen LogP contribution in [-0.2, 0) is 12.8 Å². The van der Waals surface area contributed by atoms with Crippen molar-refractivity contribution in [1.82, 2.24) is 20.1 Å². The van der Waals surface area contributed by atoms with Crippen LogP contribution in [0.25, 0.3) is 11.3 Å². The number of H-pyrrole nitrogens is 1. The van der Waals surface area contributed by atoms with Gasteiger partial charge in [-0.05, 0) is 31.7 Å². The summed E-state index contributed by atoms with van der Waals surface area (Å²) in [5, 5.41) is 6.51. The highest BCUT2D eigenvalue weighted by molar-refractivity contribution is 6.08. The van der Waals surface area contributed by atoms with E-state index in [-0.39, 0.29) is 5.91 Å². The Morgan fingerprint density at radius 2 is 2.30 bits per heavy atom. The van der Waals surface area contributed by atoms with Gasteiger partial charge >= 0.3 is 0 Å². The summed E-state index contributed by atoms with van der Waals surface area (Å²) in [5.74, 6) is 0.0871. The predicted octanol–water partition coefficient (Wildman–Crippen LogP) is 2.51. The monoisotopic (exact) mass is 309 g/mol. The highest BCUT2D eigenvalue weighted by Crippen LogP contribution is 2.33. The minimum Gasteiger partial charge on any atom is -0.364 e. The van der Waals surface area contributed by atoms with Gasteiger partial charge in [0.2, 0.25) is 5.88 Å². The molecule has 3 heterocycles. The molecule has 0 saturated carbocycles. The van der Waals surface area contributed by atoms with Crippen molar-refractivity contribution >= 4 is 11.8 Å². The van der Waals surface area contributed by atoms with Crippen LogP contribution in [0.15, 0.2) is 29.3 Å². The first kappa shape index (κ1) is 13.7. The fourth-order valence-electron chi connectivity index (χ4n) is 2.94. The molecule has 1 aliphatic carbocycles. The average Bonchev–Trinajstić information content (AvgIpc) is 3.10. The maximum Gasteiger partial charge on any atom is 0.260 e. The number of nitrogens with zero attached hydrogens (tertiary/aromatic N) is 3. The van der Waals surface area contributed by atoms with Gasteiger partial charge in [-0.3, -0.25) is 10.1 Å². The fourth-order valence-corrected chi connectivity index (χ4v) is 2.94. The molecule has 7 heteroatoms. The summed E-state index contributed by atoms with van der Waals surface area (Å²) < 4.78 is 5.05. The molecular formula is C16H15N5O2. The van der Waals surface area contributed by atoms with Gasteiger partial charge < -0.3 is 9.51 Å². The van der Waals surface area contributed by atoms with E-state index in [4.69, 9.17) is 4.52 Å². The van der Waals surface area contributed by atoms with Gasteiger partial charge in [0.25, 0.3) is 5.91 Å². The van der Waals surface area contributed by atoms with E-state index in [1.54, 1.807) is 19.2 Å². The molecule has 0 aliphatic heterocycles. The minimum absolute atomic E-state index is 0.245. The molecule has 0 unspecified atom stereocenters. The summed E-state index contributed by atoms with van der Waals surface area (Å²) in [6.07, 6.45) is 7.84. The first-order chi connectivity index (χ1) is 11.2. The maximum atomic E-state index is 12.6. The quantitative estimate of drug-likeness (QED) is 0.758. The number of aromatic amines is 1. The van der Waals surface area contributed by atoms with Gasteiger partial charge in [-0.15, -0.1) is 0 Å². The topological polar surface area (TPSA) is 96.7 Å². The zero-order valence-electron chi connectivity index (χ0n) is 12.6. The first-order valence-corrected chi connectivity index (χ1v) is 7.46. The van der Waals surface area contributed by atoms with Crippen LogP contribution in [-0.4, -0.2) is 26.0 Å². The molecule has 2 N–H and O–H groups in total. The molecule has 0 saturated heterocycles. The second-order valence-corrected chi connectivity index (χ2v) is 5.59. The molecule has 23 heavy (non-hydrogen) atoms. The SMILES string of the molecule is Cc1cc(NC(=O)c2c[nH]c3c2-c2ncncc2CCC3)on1. The predicted molar refractivity (Wildman–Crippen MR) is 83.0 cm³/mol. The van der Waals surface area contributed by atoms with Crippen LogP contribution < -0.4 is 5.32 Å². The summed E-state index contributed by atoms with van der Waals surface area (Å²) in [6.45, 7) is 1.80. The molecule has 7 nitrogen and oxygen atoms in total. The van der Waals surface area contributed by atoms with Gasteiger partial charge in [-0.2, -0.15) is 0 Å². The van der Waals surface area contributed by atoms with Gasteiger partial charge in [-0.1, -0.05) is 5.16 Å². The highest BCUT2D eigenvalue weighted by atomic mass is 16.5. The Morgan fingerprint density at radius 3 is 3.13 bits per heavy atom. The molecule has 116 valence electrons. The van der Waals surface area contributed by atoms with E-state index in [0.717, 1.165) is 41.8 Å². The summed E-state index contributed by atoms with van der Waals surface area (Å²) in [4.78, 5) is 24.3. The standard InChI is InChI=1S/C16H15N5O2/c1-9-5-13(23-21-9)20-16(22)11-7-18-12-4-2-3-10-6-17-8-19-15(10)14(11)12/h5-8,18H,2-4H2,1H3,(H,20,22). The first-order valence-electron chi connectivity index (χ1n) is 7.46. The number of aryl methyl sites for hydroxylation is 3. The zero-order chi connectivity index (χ0) is 15.8. The Kier molecular flexibility index (Phi) is 3.18. The van der Waals surface area contributed by atoms with Crippen LogP contribution in [0, 0.1) is 6.92 Å². The lowest BCUT2D eigenvalue weighted by Crippen LogP contribution is -2.12. The number of rotatable bonds is 2.